The van der Waals surface area contributed by atoms with Crippen LogP contribution in [0.3, 0.4) is 0 Å². The van der Waals surface area contributed by atoms with Crippen LogP contribution in [0.1, 0.15) is 51.9 Å². The number of nitrogens with two attached hydrogens (primary N) is 1. The predicted molar refractivity (Wildman–Crippen MR) is 54.1 cm³/mol. The molecule has 1 unspecified atom stereocenters. The van der Waals surface area contributed by atoms with Gasteiger partial charge in [-0.2, -0.15) is 0 Å². The molecule has 1 rings (SSSR count). The van der Waals surface area contributed by atoms with E-state index in [-0.39, 0.29) is 0 Å². The first-order valence-electron chi connectivity index (χ1n) is 5.28. The van der Waals surface area contributed by atoms with Gasteiger partial charge in [0.05, 0.1) is 0 Å². The Bertz CT molecular complexity index is 149. The Kier molecular flexibility index (Phi) is 4.37. The number of unbranched alkanes of at least 4 members (excludes halogenated alkanes) is 2. The second kappa shape index (κ2) is 5.36. The van der Waals surface area contributed by atoms with Crippen LogP contribution in [-0.4, -0.2) is 6.04 Å². The molecule has 0 aromatic heterocycles. The van der Waals surface area contributed by atoms with Crippen LogP contribution in [0.25, 0.3) is 0 Å². The highest BCUT2D eigenvalue weighted by molar-refractivity contribution is 5.09. The molecule has 1 heteroatoms. The Labute approximate surface area is 76.0 Å². The summed E-state index contributed by atoms with van der Waals surface area (Å²) in [6.07, 6.45) is 11.4. The van der Waals surface area contributed by atoms with Crippen molar-refractivity contribution in [1.29, 1.82) is 0 Å². The van der Waals surface area contributed by atoms with E-state index in [2.05, 4.69) is 13.0 Å². The fraction of sp³-hybridized carbons (Fsp3) is 0.818. The molecular formula is C11H21N. The summed E-state index contributed by atoms with van der Waals surface area (Å²) < 4.78 is 0. The van der Waals surface area contributed by atoms with Crippen LogP contribution >= 0.6 is 0 Å². The Morgan fingerprint density at radius 1 is 1.50 bits per heavy atom. The molecule has 0 spiro atoms. The topological polar surface area (TPSA) is 26.0 Å². The quantitative estimate of drug-likeness (QED) is 0.505. The first-order valence-corrected chi connectivity index (χ1v) is 5.28. The van der Waals surface area contributed by atoms with Gasteiger partial charge in [0.2, 0.25) is 0 Å². The average Bonchev–Trinajstić information content (AvgIpc) is 2.05. The van der Waals surface area contributed by atoms with Crippen molar-refractivity contribution >= 4 is 0 Å². The van der Waals surface area contributed by atoms with Crippen molar-refractivity contribution in [3.05, 3.63) is 11.6 Å². The minimum atomic E-state index is 0.357. The van der Waals surface area contributed by atoms with Gasteiger partial charge in [0, 0.05) is 6.04 Å². The molecule has 70 valence electrons. The molecule has 0 saturated heterocycles. The van der Waals surface area contributed by atoms with Crippen LogP contribution in [0.5, 0.6) is 0 Å². The number of rotatable bonds is 4. The van der Waals surface area contributed by atoms with Gasteiger partial charge in [0.1, 0.15) is 0 Å². The molecule has 0 fully saturated rings. The number of hydrogen-bond donors (Lipinski definition) is 1. The normalized spacial score (nSPS) is 23.8. The minimum Gasteiger partial charge on any atom is -0.324 e. The molecule has 0 radical (unpaired) electrons. The third kappa shape index (κ3) is 3.40. The molecule has 0 bridgehead atoms. The summed E-state index contributed by atoms with van der Waals surface area (Å²) in [6, 6.07) is 0.357. The van der Waals surface area contributed by atoms with E-state index in [1.54, 1.807) is 5.57 Å². The summed E-state index contributed by atoms with van der Waals surface area (Å²) in [7, 11) is 0. The van der Waals surface area contributed by atoms with E-state index in [9.17, 15) is 0 Å². The monoisotopic (exact) mass is 167 g/mol. The van der Waals surface area contributed by atoms with E-state index >= 15 is 0 Å². The third-order valence-electron chi connectivity index (χ3n) is 2.59. The van der Waals surface area contributed by atoms with Crippen molar-refractivity contribution in [2.75, 3.05) is 0 Å². The molecule has 1 nitrogen and oxygen atoms in total. The summed E-state index contributed by atoms with van der Waals surface area (Å²) in [5.74, 6) is 0. The second-order valence-electron chi connectivity index (χ2n) is 3.84. The Balaban J connectivity index is 2.21. The van der Waals surface area contributed by atoms with Crippen LogP contribution in [0.2, 0.25) is 0 Å². The standard InChI is InChI=1S/C11H21N/c1-2-3-4-6-10-7-5-8-11(12)9-10/h9,11H,2-8,12H2,1H3. The Morgan fingerprint density at radius 2 is 2.33 bits per heavy atom. The van der Waals surface area contributed by atoms with Crippen molar-refractivity contribution in [2.24, 2.45) is 5.73 Å². The fourth-order valence-electron chi connectivity index (χ4n) is 1.84. The van der Waals surface area contributed by atoms with Crippen molar-refractivity contribution in [3.8, 4) is 0 Å². The van der Waals surface area contributed by atoms with Crippen LogP contribution in [0.15, 0.2) is 11.6 Å². The number of allylic oxidation sites excluding steroid dienone is 1. The van der Waals surface area contributed by atoms with Crippen molar-refractivity contribution < 1.29 is 0 Å². The van der Waals surface area contributed by atoms with E-state index in [1.165, 1.54) is 44.9 Å². The summed E-state index contributed by atoms with van der Waals surface area (Å²) in [4.78, 5) is 0. The van der Waals surface area contributed by atoms with Gasteiger partial charge < -0.3 is 5.73 Å². The second-order valence-corrected chi connectivity index (χ2v) is 3.84. The highest BCUT2D eigenvalue weighted by atomic mass is 14.6. The molecule has 0 amide bonds. The van der Waals surface area contributed by atoms with Gasteiger partial charge in [-0.15, -0.1) is 0 Å². The van der Waals surface area contributed by atoms with E-state index in [1.807, 2.05) is 0 Å². The molecule has 0 heterocycles. The first kappa shape index (κ1) is 9.79. The summed E-state index contributed by atoms with van der Waals surface area (Å²) >= 11 is 0. The maximum absolute atomic E-state index is 5.85. The lowest BCUT2D eigenvalue weighted by Crippen LogP contribution is -2.20. The molecule has 2 N–H and O–H groups in total. The van der Waals surface area contributed by atoms with Crippen LogP contribution < -0.4 is 5.73 Å². The summed E-state index contributed by atoms with van der Waals surface area (Å²) in [6.45, 7) is 2.25. The lowest BCUT2D eigenvalue weighted by atomic mass is 9.93. The van der Waals surface area contributed by atoms with Gasteiger partial charge in [-0.3, -0.25) is 0 Å². The van der Waals surface area contributed by atoms with Gasteiger partial charge in [-0.25, -0.2) is 0 Å². The van der Waals surface area contributed by atoms with Gasteiger partial charge in [0.15, 0.2) is 0 Å². The lowest BCUT2D eigenvalue weighted by molar-refractivity contribution is 0.594. The van der Waals surface area contributed by atoms with Crippen molar-refractivity contribution in [3.63, 3.8) is 0 Å². The zero-order chi connectivity index (χ0) is 8.81. The van der Waals surface area contributed by atoms with E-state index in [4.69, 9.17) is 5.73 Å². The van der Waals surface area contributed by atoms with E-state index < -0.39 is 0 Å². The molecule has 1 aliphatic carbocycles. The Hall–Kier alpha value is -0.300. The molecular weight excluding hydrogens is 146 g/mol. The van der Waals surface area contributed by atoms with Gasteiger partial charge in [-0.1, -0.05) is 31.4 Å². The van der Waals surface area contributed by atoms with Crippen LogP contribution in [0, 0.1) is 0 Å². The van der Waals surface area contributed by atoms with E-state index in [0.29, 0.717) is 6.04 Å². The fourth-order valence-corrected chi connectivity index (χ4v) is 1.84. The predicted octanol–water partition coefficient (Wildman–Crippen LogP) is 3.00. The molecule has 0 aliphatic heterocycles. The highest BCUT2D eigenvalue weighted by Crippen LogP contribution is 2.21. The van der Waals surface area contributed by atoms with Crippen LogP contribution in [-0.2, 0) is 0 Å². The first-order chi connectivity index (χ1) is 5.83. The minimum absolute atomic E-state index is 0.357. The van der Waals surface area contributed by atoms with Crippen molar-refractivity contribution in [1.82, 2.24) is 0 Å². The van der Waals surface area contributed by atoms with Gasteiger partial charge in [-0.05, 0) is 32.1 Å². The maximum Gasteiger partial charge on any atom is 0.0226 e. The lowest BCUT2D eigenvalue weighted by Gasteiger charge is -2.17. The average molecular weight is 167 g/mol. The zero-order valence-electron chi connectivity index (χ0n) is 8.18. The van der Waals surface area contributed by atoms with Gasteiger partial charge >= 0.3 is 0 Å². The number of hydrogen-bond acceptors (Lipinski definition) is 1. The molecule has 0 aromatic carbocycles. The Morgan fingerprint density at radius 3 is 3.00 bits per heavy atom. The van der Waals surface area contributed by atoms with Crippen molar-refractivity contribution in [2.45, 2.75) is 57.9 Å². The maximum atomic E-state index is 5.85. The summed E-state index contributed by atoms with van der Waals surface area (Å²) in [5, 5.41) is 0. The van der Waals surface area contributed by atoms with Gasteiger partial charge in [0.25, 0.3) is 0 Å². The highest BCUT2D eigenvalue weighted by Gasteiger charge is 2.08. The third-order valence-corrected chi connectivity index (χ3v) is 2.59. The molecule has 12 heavy (non-hydrogen) atoms. The SMILES string of the molecule is CCCCCC1=CC(N)CCC1. The molecule has 0 aromatic rings. The smallest absolute Gasteiger partial charge is 0.0226 e. The molecule has 1 aliphatic rings. The summed E-state index contributed by atoms with van der Waals surface area (Å²) in [5.41, 5.74) is 7.47. The largest absolute Gasteiger partial charge is 0.324 e. The molecule has 0 saturated carbocycles. The van der Waals surface area contributed by atoms with E-state index in [0.717, 1.165) is 0 Å². The van der Waals surface area contributed by atoms with Crippen LogP contribution in [0.4, 0.5) is 0 Å². The zero-order valence-corrected chi connectivity index (χ0v) is 8.18. The molecule has 1 atom stereocenters.